The summed E-state index contributed by atoms with van der Waals surface area (Å²) in [6.07, 6.45) is 0. The van der Waals surface area contributed by atoms with Gasteiger partial charge in [0.2, 0.25) is 10.0 Å². The quantitative estimate of drug-likeness (QED) is 0.627. The van der Waals surface area contributed by atoms with Crippen LogP contribution in [-0.2, 0) is 10.0 Å². The molecule has 0 spiro atoms. The zero-order chi connectivity index (χ0) is 22.5. The summed E-state index contributed by atoms with van der Waals surface area (Å²) in [5.74, 6) is 0.949. The third-order valence-corrected chi connectivity index (χ3v) is 6.04. The minimum atomic E-state index is -3.85. The van der Waals surface area contributed by atoms with Crippen molar-refractivity contribution in [3.05, 3.63) is 47.5 Å². The van der Waals surface area contributed by atoms with E-state index in [1.807, 2.05) is 0 Å². The molecule has 2 N–H and O–H groups in total. The standard InChI is InChI=1S/C21H28N2O6S/c1-13(2)23-30(25,26)20-11-15(7-9-19(20)29-6)21(24)22-14(3)17-12-16(27-4)8-10-18(17)28-5/h7-14,23H,1-6H3,(H,22,24). The number of rotatable bonds is 9. The maximum Gasteiger partial charge on any atom is 0.251 e. The second-order valence-electron chi connectivity index (χ2n) is 6.94. The Morgan fingerprint density at radius 2 is 1.53 bits per heavy atom. The topological polar surface area (TPSA) is 103 Å². The van der Waals surface area contributed by atoms with Crippen molar-refractivity contribution < 1.29 is 27.4 Å². The Balaban J connectivity index is 2.35. The number of hydrogen-bond acceptors (Lipinski definition) is 6. The summed E-state index contributed by atoms with van der Waals surface area (Å²) >= 11 is 0. The molecule has 0 saturated heterocycles. The fraction of sp³-hybridized carbons (Fsp3) is 0.381. The first-order valence-electron chi connectivity index (χ1n) is 9.36. The van der Waals surface area contributed by atoms with Gasteiger partial charge in [-0.2, -0.15) is 0 Å². The first-order chi connectivity index (χ1) is 14.1. The summed E-state index contributed by atoms with van der Waals surface area (Å²) in [5, 5.41) is 2.86. The molecule has 0 saturated carbocycles. The average molecular weight is 437 g/mol. The van der Waals surface area contributed by atoms with E-state index in [0.717, 1.165) is 5.56 Å². The molecule has 30 heavy (non-hydrogen) atoms. The van der Waals surface area contributed by atoms with Crippen LogP contribution < -0.4 is 24.2 Å². The second-order valence-corrected chi connectivity index (χ2v) is 8.63. The van der Waals surface area contributed by atoms with Gasteiger partial charge in [-0.1, -0.05) is 0 Å². The summed E-state index contributed by atoms with van der Waals surface area (Å²) in [4.78, 5) is 12.7. The van der Waals surface area contributed by atoms with Gasteiger partial charge < -0.3 is 19.5 Å². The Labute approximate surface area is 177 Å². The molecule has 0 aliphatic heterocycles. The molecule has 8 nitrogen and oxygen atoms in total. The molecule has 0 fully saturated rings. The van der Waals surface area contributed by atoms with Crippen molar-refractivity contribution in [1.82, 2.24) is 10.0 Å². The van der Waals surface area contributed by atoms with Crippen molar-refractivity contribution in [3.8, 4) is 17.2 Å². The number of sulfonamides is 1. The lowest BCUT2D eigenvalue weighted by Crippen LogP contribution is -2.31. The van der Waals surface area contributed by atoms with Crippen molar-refractivity contribution in [2.24, 2.45) is 0 Å². The highest BCUT2D eigenvalue weighted by atomic mass is 32.2. The van der Waals surface area contributed by atoms with Crippen molar-refractivity contribution in [2.45, 2.75) is 37.8 Å². The van der Waals surface area contributed by atoms with Crippen LogP contribution in [-0.4, -0.2) is 41.7 Å². The number of carbonyl (C=O) groups is 1. The fourth-order valence-corrected chi connectivity index (χ4v) is 4.38. The minimum absolute atomic E-state index is 0.0991. The van der Waals surface area contributed by atoms with Crippen molar-refractivity contribution in [1.29, 1.82) is 0 Å². The molecule has 0 aromatic heterocycles. The number of ether oxygens (including phenoxy) is 3. The third-order valence-electron chi connectivity index (χ3n) is 4.36. The third kappa shape index (κ3) is 5.43. The van der Waals surface area contributed by atoms with Gasteiger partial charge in [-0.3, -0.25) is 4.79 Å². The number of nitrogens with one attached hydrogen (secondary N) is 2. The van der Waals surface area contributed by atoms with Crippen LogP contribution in [0.5, 0.6) is 17.2 Å². The molecule has 2 aromatic carbocycles. The Kier molecular flexibility index (Phi) is 7.69. The van der Waals surface area contributed by atoms with Crippen LogP contribution in [0.4, 0.5) is 0 Å². The number of hydrogen-bond donors (Lipinski definition) is 2. The largest absolute Gasteiger partial charge is 0.497 e. The molecule has 1 unspecified atom stereocenters. The molecule has 2 aromatic rings. The molecule has 9 heteroatoms. The van der Waals surface area contributed by atoms with Crippen LogP contribution in [0.25, 0.3) is 0 Å². The first-order valence-corrected chi connectivity index (χ1v) is 10.8. The van der Waals surface area contributed by atoms with E-state index >= 15 is 0 Å². The molecule has 0 aliphatic rings. The molecule has 164 valence electrons. The smallest absolute Gasteiger partial charge is 0.251 e. The Morgan fingerprint density at radius 3 is 2.10 bits per heavy atom. The van der Waals surface area contributed by atoms with E-state index in [2.05, 4.69) is 10.0 Å². The minimum Gasteiger partial charge on any atom is -0.497 e. The molecular weight excluding hydrogens is 408 g/mol. The molecule has 0 heterocycles. The second kappa shape index (κ2) is 9.82. The van der Waals surface area contributed by atoms with Gasteiger partial charge in [-0.25, -0.2) is 13.1 Å². The van der Waals surface area contributed by atoms with Crippen molar-refractivity contribution in [3.63, 3.8) is 0 Å². The van der Waals surface area contributed by atoms with Crippen LogP contribution in [0, 0.1) is 0 Å². The predicted octanol–water partition coefficient (Wildman–Crippen LogP) is 2.89. The summed E-state index contributed by atoms with van der Waals surface area (Å²) in [7, 11) is 0.624. The van der Waals surface area contributed by atoms with Crippen molar-refractivity contribution >= 4 is 15.9 Å². The van der Waals surface area contributed by atoms with Crippen LogP contribution >= 0.6 is 0 Å². The van der Waals surface area contributed by atoms with E-state index in [1.165, 1.54) is 25.3 Å². The Bertz CT molecular complexity index is 1000. The summed E-state index contributed by atoms with van der Waals surface area (Å²) in [6, 6.07) is 8.84. The lowest BCUT2D eigenvalue weighted by atomic mass is 10.1. The molecule has 1 amide bonds. The van der Waals surface area contributed by atoms with Crippen LogP contribution in [0.3, 0.4) is 0 Å². The van der Waals surface area contributed by atoms with E-state index in [-0.39, 0.29) is 22.3 Å². The predicted molar refractivity (Wildman–Crippen MR) is 114 cm³/mol. The molecule has 1 atom stereocenters. The van der Waals surface area contributed by atoms with Gasteiger partial charge in [0.15, 0.2) is 0 Å². The van der Waals surface area contributed by atoms with E-state index < -0.39 is 22.0 Å². The summed E-state index contributed by atoms with van der Waals surface area (Å²) < 4.78 is 43.6. The first kappa shape index (κ1) is 23.5. The normalized spacial score (nSPS) is 12.4. The van der Waals surface area contributed by atoms with Gasteiger partial charge in [0.25, 0.3) is 5.91 Å². The van der Waals surface area contributed by atoms with Crippen molar-refractivity contribution in [2.75, 3.05) is 21.3 Å². The van der Waals surface area contributed by atoms with E-state index in [9.17, 15) is 13.2 Å². The van der Waals surface area contributed by atoms with Gasteiger partial charge in [0.1, 0.15) is 22.1 Å². The Morgan fingerprint density at radius 1 is 0.900 bits per heavy atom. The monoisotopic (exact) mass is 436 g/mol. The number of methoxy groups -OCH3 is 3. The number of carbonyl (C=O) groups excluding carboxylic acids is 1. The van der Waals surface area contributed by atoms with E-state index in [1.54, 1.807) is 53.2 Å². The highest BCUT2D eigenvalue weighted by molar-refractivity contribution is 7.89. The maximum atomic E-state index is 12.8. The number of benzene rings is 2. The van der Waals surface area contributed by atoms with Gasteiger partial charge in [0.05, 0.1) is 27.4 Å². The van der Waals surface area contributed by atoms with Crippen LogP contribution in [0.2, 0.25) is 0 Å². The summed E-state index contributed by atoms with van der Waals surface area (Å²) in [6.45, 7) is 5.23. The van der Waals surface area contributed by atoms with Gasteiger partial charge in [0, 0.05) is 17.2 Å². The molecular formula is C21H28N2O6S. The highest BCUT2D eigenvalue weighted by Crippen LogP contribution is 2.30. The van der Waals surface area contributed by atoms with E-state index in [4.69, 9.17) is 14.2 Å². The van der Waals surface area contributed by atoms with E-state index in [0.29, 0.717) is 11.5 Å². The summed E-state index contributed by atoms with van der Waals surface area (Å²) in [5.41, 5.74) is 0.918. The molecule has 0 radical (unpaired) electrons. The molecule has 0 bridgehead atoms. The highest BCUT2D eigenvalue weighted by Gasteiger charge is 2.23. The number of amides is 1. The molecule has 2 rings (SSSR count). The average Bonchev–Trinajstić information content (AvgIpc) is 2.71. The lowest BCUT2D eigenvalue weighted by Gasteiger charge is -2.19. The van der Waals surface area contributed by atoms with Gasteiger partial charge in [-0.05, 0) is 57.2 Å². The zero-order valence-corrected chi connectivity index (χ0v) is 18.8. The fourth-order valence-electron chi connectivity index (χ4n) is 2.94. The SMILES string of the molecule is COc1ccc(OC)c(C(C)NC(=O)c2ccc(OC)c(S(=O)(=O)NC(C)C)c2)c1. The van der Waals surface area contributed by atoms with Crippen LogP contribution in [0.15, 0.2) is 41.3 Å². The van der Waals surface area contributed by atoms with Crippen LogP contribution in [0.1, 0.15) is 42.7 Å². The van der Waals surface area contributed by atoms with Gasteiger partial charge in [-0.15, -0.1) is 0 Å². The Hall–Kier alpha value is -2.78. The zero-order valence-electron chi connectivity index (χ0n) is 18.0. The molecule has 0 aliphatic carbocycles. The maximum absolute atomic E-state index is 12.8. The lowest BCUT2D eigenvalue weighted by molar-refractivity contribution is 0.0939. The van der Waals surface area contributed by atoms with Gasteiger partial charge >= 0.3 is 0 Å².